The van der Waals surface area contributed by atoms with E-state index >= 15 is 0 Å². The van der Waals surface area contributed by atoms with E-state index < -0.39 is 24.0 Å². The summed E-state index contributed by atoms with van der Waals surface area (Å²) in [5.41, 5.74) is 1.56. The number of nitrogens with one attached hydrogen (secondary N) is 1. The van der Waals surface area contributed by atoms with Gasteiger partial charge in [0, 0.05) is 24.5 Å². The second-order valence-corrected chi connectivity index (χ2v) is 6.20. The third kappa shape index (κ3) is 4.66. The number of alkyl halides is 1. The number of fused-ring (bicyclic) bond motifs is 1. The lowest BCUT2D eigenvalue weighted by Gasteiger charge is -2.31. The highest BCUT2D eigenvalue weighted by molar-refractivity contribution is 6.19. The lowest BCUT2D eigenvalue weighted by molar-refractivity contribution is -0.149. The Balaban J connectivity index is 2.15. The molecule has 142 valence electrons. The average molecular weight is 382 g/mol. The minimum atomic E-state index is -0.620. The second-order valence-electron chi connectivity index (χ2n) is 5.90. The first-order valence-corrected chi connectivity index (χ1v) is 9.19. The molecule has 1 N–H and O–H groups in total. The second kappa shape index (κ2) is 9.43. The number of esters is 1. The van der Waals surface area contributed by atoms with Crippen LogP contribution >= 0.6 is 11.6 Å². The monoisotopic (exact) mass is 381 g/mol. The number of aromatic amines is 1. The maximum atomic E-state index is 12.7. The van der Waals surface area contributed by atoms with Gasteiger partial charge in [0.25, 0.3) is 0 Å². The highest BCUT2D eigenvalue weighted by Gasteiger charge is 2.33. The third-order valence-electron chi connectivity index (χ3n) is 4.13. The molecule has 7 nitrogen and oxygen atoms in total. The van der Waals surface area contributed by atoms with Crippen molar-refractivity contribution in [2.45, 2.75) is 33.2 Å². The minimum Gasteiger partial charge on any atom is -0.466 e. The lowest BCUT2D eigenvalue weighted by Crippen LogP contribution is -2.47. The first-order chi connectivity index (χ1) is 12.5. The van der Waals surface area contributed by atoms with Gasteiger partial charge in [0.1, 0.15) is 5.75 Å². The van der Waals surface area contributed by atoms with Crippen LogP contribution in [0.25, 0.3) is 11.0 Å². The van der Waals surface area contributed by atoms with Gasteiger partial charge in [-0.15, -0.1) is 11.6 Å². The van der Waals surface area contributed by atoms with E-state index in [4.69, 9.17) is 21.1 Å². The van der Waals surface area contributed by atoms with Crippen LogP contribution in [0.4, 0.5) is 4.79 Å². The number of benzene rings is 1. The van der Waals surface area contributed by atoms with Crippen LogP contribution in [-0.4, -0.2) is 52.0 Å². The van der Waals surface area contributed by atoms with Gasteiger partial charge in [0.05, 0.1) is 29.9 Å². The highest BCUT2D eigenvalue weighted by atomic mass is 35.5. The Morgan fingerprint density at radius 1 is 1.35 bits per heavy atom. The molecule has 0 aliphatic heterocycles. The van der Waals surface area contributed by atoms with Crippen molar-refractivity contribution in [2.75, 3.05) is 19.0 Å². The molecule has 1 aromatic carbocycles. The molecule has 0 aliphatic carbocycles. The summed E-state index contributed by atoms with van der Waals surface area (Å²) >= 11 is 5.96. The molecular weight excluding hydrogens is 358 g/mol. The molecule has 1 aromatic heterocycles. The smallest absolute Gasteiger partial charge is 0.415 e. The predicted octanol–water partition coefficient (Wildman–Crippen LogP) is 3.58. The molecule has 0 saturated heterocycles. The molecule has 0 spiro atoms. The van der Waals surface area contributed by atoms with Crippen LogP contribution < -0.4 is 4.74 Å². The molecule has 8 heteroatoms. The Kier molecular flexibility index (Phi) is 7.26. The zero-order valence-electron chi connectivity index (χ0n) is 15.2. The number of rotatable bonds is 8. The zero-order valence-corrected chi connectivity index (χ0v) is 16.0. The number of hydrogen-bond donors (Lipinski definition) is 1. The standard InChI is InChI=1S/C18H24ClN3O4/c1-4-8-22(12(3)14(10-19)17(23)25-5-2)18(24)26-13-6-7-15-16(9-13)21-11-20-15/h6-7,9,11-12,14H,4-5,8,10H2,1-3H3,(H,20,21). The minimum absolute atomic E-state index is 0.0631. The molecular formula is C18H24ClN3O4. The van der Waals surface area contributed by atoms with Gasteiger partial charge in [-0.2, -0.15) is 0 Å². The number of aromatic nitrogens is 2. The number of halogens is 1. The number of amides is 1. The van der Waals surface area contributed by atoms with E-state index in [1.807, 2.05) is 6.92 Å². The fraction of sp³-hybridized carbons (Fsp3) is 0.500. The zero-order chi connectivity index (χ0) is 19.1. The summed E-state index contributed by atoms with van der Waals surface area (Å²) < 4.78 is 10.6. The van der Waals surface area contributed by atoms with Gasteiger partial charge in [0.15, 0.2) is 0 Å². The molecule has 1 amide bonds. The topological polar surface area (TPSA) is 84.5 Å². The third-order valence-corrected chi connectivity index (χ3v) is 4.46. The first-order valence-electron chi connectivity index (χ1n) is 8.65. The molecule has 26 heavy (non-hydrogen) atoms. The number of hydrogen-bond acceptors (Lipinski definition) is 5. The number of H-pyrrole nitrogens is 1. The molecule has 0 bridgehead atoms. The number of nitrogens with zero attached hydrogens (tertiary/aromatic N) is 2. The van der Waals surface area contributed by atoms with E-state index in [1.54, 1.807) is 38.4 Å². The van der Waals surface area contributed by atoms with Crippen LogP contribution in [0.2, 0.25) is 0 Å². The summed E-state index contributed by atoms with van der Waals surface area (Å²) in [6.45, 7) is 6.17. The highest BCUT2D eigenvalue weighted by Crippen LogP contribution is 2.21. The number of ether oxygens (including phenoxy) is 2. The van der Waals surface area contributed by atoms with Crippen LogP contribution in [-0.2, 0) is 9.53 Å². The maximum Gasteiger partial charge on any atom is 0.415 e. The van der Waals surface area contributed by atoms with Crippen molar-refractivity contribution >= 4 is 34.7 Å². The van der Waals surface area contributed by atoms with Gasteiger partial charge in [-0.1, -0.05) is 6.92 Å². The molecule has 1 heterocycles. The number of carbonyl (C=O) groups is 2. The van der Waals surface area contributed by atoms with Crippen molar-refractivity contribution in [1.82, 2.24) is 14.9 Å². The molecule has 0 radical (unpaired) electrons. The van der Waals surface area contributed by atoms with E-state index in [0.717, 1.165) is 17.5 Å². The maximum absolute atomic E-state index is 12.7. The predicted molar refractivity (Wildman–Crippen MR) is 99.4 cm³/mol. The van der Waals surface area contributed by atoms with E-state index in [-0.39, 0.29) is 12.5 Å². The molecule has 2 unspecified atom stereocenters. The van der Waals surface area contributed by atoms with Gasteiger partial charge in [0.2, 0.25) is 0 Å². The normalized spacial score (nSPS) is 13.2. The van der Waals surface area contributed by atoms with Crippen LogP contribution in [0.3, 0.4) is 0 Å². The number of carbonyl (C=O) groups excluding carboxylic acids is 2. The van der Waals surface area contributed by atoms with Crippen LogP contribution in [0.15, 0.2) is 24.5 Å². The Bertz CT molecular complexity index is 749. The molecule has 2 atom stereocenters. The molecule has 2 aromatic rings. The Morgan fingerprint density at radius 2 is 2.12 bits per heavy atom. The van der Waals surface area contributed by atoms with E-state index in [0.29, 0.717) is 12.3 Å². The Labute approximate surface area is 157 Å². The van der Waals surface area contributed by atoms with Gasteiger partial charge in [-0.05, 0) is 32.4 Å². The van der Waals surface area contributed by atoms with Crippen molar-refractivity contribution in [3.8, 4) is 5.75 Å². The average Bonchev–Trinajstić information content (AvgIpc) is 3.08. The van der Waals surface area contributed by atoms with Crippen molar-refractivity contribution in [2.24, 2.45) is 5.92 Å². The fourth-order valence-corrected chi connectivity index (χ4v) is 3.08. The molecule has 2 rings (SSSR count). The van der Waals surface area contributed by atoms with Crippen molar-refractivity contribution in [3.05, 3.63) is 24.5 Å². The summed E-state index contributed by atoms with van der Waals surface area (Å²) in [6, 6.07) is 4.71. The summed E-state index contributed by atoms with van der Waals surface area (Å²) in [5.74, 6) is -0.569. The van der Waals surface area contributed by atoms with Crippen molar-refractivity contribution < 1.29 is 19.1 Å². The van der Waals surface area contributed by atoms with E-state index in [1.165, 1.54) is 4.90 Å². The van der Waals surface area contributed by atoms with Gasteiger partial charge in [-0.3, -0.25) is 4.79 Å². The number of imidazole rings is 1. The SMILES string of the molecule is CCCN(C(=O)Oc1ccc2nc[nH]c2c1)C(C)C(CCl)C(=O)OCC. The summed E-state index contributed by atoms with van der Waals surface area (Å²) in [7, 11) is 0. The quantitative estimate of drug-likeness (QED) is 0.558. The molecule has 0 fully saturated rings. The summed E-state index contributed by atoms with van der Waals surface area (Å²) in [5, 5.41) is 0. The lowest BCUT2D eigenvalue weighted by atomic mass is 10.0. The Hall–Kier alpha value is -2.28. The van der Waals surface area contributed by atoms with Gasteiger partial charge in [-0.25, -0.2) is 9.78 Å². The largest absolute Gasteiger partial charge is 0.466 e. The fourth-order valence-electron chi connectivity index (χ4n) is 2.70. The van der Waals surface area contributed by atoms with Gasteiger partial charge >= 0.3 is 12.1 Å². The Morgan fingerprint density at radius 3 is 2.77 bits per heavy atom. The summed E-state index contributed by atoms with van der Waals surface area (Å²) in [4.78, 5) is 33.4. The van der Waals surface area contributed by atoms with Crippen LogP contribution in [0.5, 0.6) is 5.75 Å². The van der Waals surface area contributed by atoms with Gasteiger partial charge < -0.3 is 19.4 Å². The van der Waals surface area contributed by atoms with E-state index in [2.05, 4.69) is 9.97 Å². The van der Waals surface area contributed by atoms with Crippen molar-refractivity contribution in [3.63, 3.8) is 0 Å². The molecule has 0 aliphatic rings. The van der Waals surface area contributed by atoms with E-state index in [9.17, 15) is 9.59 Å². The van der Waals surface area contributed by atoms with Crippen molar-refractivity contribution in [1.29, 1.82) is 0 Å². The first kappa shape index (κ1) is 20.0. The summed E-state index contributed by atoms with van der Waals surface area (Å²) in [6.07, 6.45) is 1.76. The van der Waals surface area contributed by atoms with Crippen LogP contribution in [0, 0.1) is 5.92 Å². The van der Waals surface area contributed by atoms with Crippen LogP contribution in [0.1, 0.15) is 27.2 Å². The molecule has 0 saturated carbocycles.